The first kappa shape index (κ1) is 16.3. The highest BCUT2D eigenvalue weighted by atomic mass is 16.5. The van der Waals surface area contributed by atoms with E-state index < -0.39 is 0 Å². The van der Waals surface area contributed by atoms with Crippen molar-refractivity contribution in [2.24, 2.45) is 0 Å². The molecule has 0 radical (unpaired) electrons. The molecule has 0 saturated carbocycles. The summed E-state index contributed by atoms with van der Waals surface area (Å²) in [5, 5.41) is 13.2. The highest BCUT2D eigenvalue weighted by Gasteiger charge is 2.17. The molecule has 0 aliphatic carbocycles. The van der Waals surface area contributed by atoms with E-state index in [4.69, 9.17) is 4.74 Å². The number of ether oxygens (including phenoxy) is 1. The van der Waals surface area contributed by atoms with Gasteiger partial charge in [-0.2, -0.15) is 0 Å². The van der Waals surface area contributed by atoms with Crippen LogP contribution in [0.25, 0.3) is 0 Å². The van der Waals surface area contributed by atoms with Crippen LogP contribution in [-0.4, -0.2) is 18.8 Å². The Morgan fingerprint density at radius 3 is 2.45 bits per heavy atom. The monoisotopic (exact) mass is 297 g/mol. The molecule has 0 heterocycles. The van der Waals surface area contributed by atoms with Gasteiger partial charge in [0.25, 0.3) is 0 Å². The normalized spacial score (nSPS) is 13.4. The van der Waals surface area contributed by atoms with Crippen molar-refractivity contribution in [3.8, 4) is 5.75 Å². The zero-order valence-corrected chi connectivity index (χ0v) is 12.9. The van der Waals surface area contributed by atoms with Gasteiger partial charge >= 0.3 is 0 Å². The Hall–Kier alpha value is -2.10. The van der Waals surface area contributed by atoms with Crippen molar-refractivity contribution in [1.82, 2.24) is 5.32 Å². The smallest absolute Gasteiger partial charge is 0.119 e. The maximum absolute atomic E-state index is 9.73. The van der Waals surface area contributed by atoms with Crippen molar-refractivity contribution in [1.29, 1.82) is 0 Å². The molecule has 0 spiro atoms. The lowest BCUT2D eigenvalue weighted by Crippen LogP contribution is -2.28. The van der Waals surface area contributed by atoms with Crippen molar-refractivity contribution >= 4 is 0 Å². The van der Waals surface area contributed by atoms with Crippen molar-refractivity contribution in [3.05, 3.63) is 78.4 Å². The number of hydrogen-bond donors (Lipinski definition) is 2. The molecule has 0 saturated heterocycles. The summed E-state index contributed by atoms with van der Waals surface area (Å²) < 4.78 is 5.30. The van der Waals surface area contributed by atoms with Crippen molar-refractivity contribution < 1.29 is 9.84 Å². The highest BCUT2D eigenvalue weighted by molar-refractivity contribution is 5.31. The molecule has 0 bridgehead atoms. The Bertz CT molecular complexity index is 583. The second-order valence-electron chi connectivity index (χ2n) is 5.17. The first-order valence-electron chi connectivity index (χ1n) is 7.45. The summed E-state index contributed by atoms with van der Waals surface area (Å²) in [6.07, 6.45) is 2.66. The summed E-state index contributed by atoms with van der Waals surface area (Å²) >= 11 is 0. The predicted molar refractivity (Wildman–Crippen MR) is 90.0 cm³/mol. The second kappa shape index (κ2) is 8.37. The third-order valence-electron chi connectivity index (χ3n) is 3.69. The third kappa shape index (κ3) is 4.20. The van der Waals surface area contributed by atoms with Crippen LogP contribution in [0, 0.1) is 0 Å². The van der Waals surface area contributed by atoms with Gasteiger partial charge in [0.05, 0.1) is 19.8 Å². The fraction of sp³-hybridized carbons (Fsp3) is 0.263. The summed E-state index contributed by atoms with van der Waals surface area (Å²) in [5.74, 6) is 0.827. The molecule has 3 heteroatoms. The average Bonchev–Trinajstić information content (AvgIpc) is 2.59. The minimum atomic E-state index is -0.114. The maximum Gasteiger partial charge on any atom is 0.119 e. The minimum absolute atomic E-state index is 0.0433. The van der Waals surface area contributed by atoms with E-state index in [1.165, 1.54) is 0 Å². The largest absolute Gasteiger partial charge is 0.497 e. The minimum Gasteiger partial charge on any atom is -0.497 e. The molecule has 0 aromatic heterocycles. The number of aliphatic hydroxyl groups is 1. The maximum atomic E-state index is 9.73. The molecule has 2 atom stereocenters. The number of rotatable bonds is 8. The predicted octanol–water partition coefficient (Wildman–Crippen LogP) is 3.64. The molecule has 0 fully saturated rings. The van der Waals surface area contributed by atoms with Gasteiger partial charge in [0.1, 0.15) is 5.75 Å². The van der Waals surface area contributed by atoms with Crippen LogP contribution < -0.4 is 10.1 Å². The highest BCUT2D eigenvalue weighted by Crippen LogP contribution is 2.25. The molecule has 3 nitrogen and oxygen atoms in total. The SMILES string of the molecule is C=CC[C@@H](N[C@@H](CO)c1ccccc1)c1cccc(OC)c1. The Kier molecular flexibility index (Phi) is 6.19. The molecule has 22 heavy (non-hydrogen) atoms. The van der Waals surface area contributed by atoms with Crippen LogP contribution in [0.1, 0.15) is 29.6 Å². The molecular weight excluding hydrogens is 274 g/mol. The molecule has 0 aliphatic rings. The standard InChI is InChI=1S/C19H23NO2/c1-3-8-18(16-11-7-12-17(13-16)22-2)20-19(14-21)15-9-5-4-6-10-15/h3-7,9-13,18-21H,1,8,14H2,2H3/t18-,19+/m1/s1. The summed E-state index contributed by atoms with van der Waals surface area (Å²) in [6, 6.07) is 17.9. The lowest BCUT2D eigenvalue weighted by molar-refractivity contribution is 0.233. The summed E-state index contributed by atoms with van der Waals surface area (Å²) in [4.78, 5) is 0. The van der Waals surface area contributed by atoms with E-state index in [1.54, 1.807) is 7.11 Å². The van der Waals surface area contributed by atoms with E-state index in [9.17, 15) is 5.11 Å². The zero-order valence-electron chi connectivity index (χ0n) is 12.9. The quantitative estimate of drug-likeness (QED) is 0.731. The summed E-state index contributed by atoms with van der Waals surface area (Å²) in [7, 11) is 1.66. The van der Waals surface area contributed by atoms with Crippen molar-refractivity contribution in [2.45, 2.75) is 18.5 Å². The van der Waals surface area contributed by atoms with E-state index in [-0.39, 0.29) is 18.7 Å². The number of aliphatic hydroxyl groups excluding tert-OH is 1. The van der Waals surface area contributed by atoms with Crippen LogP contribution in [0.15, 0.2) is 67.3 Å². The Morgan fingerprint density at radius 2 is 1.82 bits per heavy atom. The zero-order chi connectivity index (χ0) is 15.8. The molecule has 0 aliphatic heterocycles. The van der Waals surface area contributed by atoms with Gasteiger partial charge in [0, 0.05) is 6.04 Å². The first-order chi connectivity index (χ1) is 10.8. The molecule has 2 aromatic rings. The number of benzene rings is 2. The molecule has 2 N–H and O–H groups in total. The molecule has 2 rings (SSSR count). The first-order valence-corrected chi connectivity index (χ1v) is 7.45. The van der Waals surface area contributed by atoms with Gasteiger partial charge in [-0.3, -0.25) is 0 Å². The lowest BCUT2D eigenvalue weighted by Gasteiger charge is -2.25. The molecule has 116 valence electrons. The van der Waals surface area contributed by atoms with Gasteiger partial charge in [-0.25, -0.2) is 0 Å². The molecule has 0 unspecified atom stereocenters. The summed E-state index contributed by atoms with van der Waals surface area (Å²) in [5.41, 5.74) is 2.19. The molecule has 0 amide bonds. The van der Waals surface area contributed by atoms with Crippen molar-refractivity contribution in [3.63, 3.8) is 0 Å². The van der Waals surface area contributed by atoms with E-state index in [0.29, 0.717) is 0 Å². The molecule has 2 aromatic carbocycles. The Labute approximate surface area is 132 Å². The molecular formula is C19H23NO2. The third-order valence-corrected chi connectivity index (χ3v) is 3.69. The van der Waals surface area contributed by atoms with Gasteiger partial charge < -0.3 is 15.2 Å². The van der Waals surface area contributed by atoms with Gasteiger partial charge in [0.2, 0.25) is 0 Å². The van der Waals surface area contributed by atoms with E-state index in [2.05, 4.69) is 18.0 Å². The van der Waals surface area contributed by atoms with Crippen LogP contribution in [0.3, 0.4) is 0 Å². The van der Waals surface area contributed by atoms with E-state index >= 15 is 0 Å². The van der Waals surface area contributed by atoms with Crippen LogP contribution in [0.2, 0.25) is 0 Å². The van der Waals surface area contributed by atoms with E-state index in [1.807, 2.05) is 54.6 Å². The van der Waals surface area contributed by atoms with Gasteiger partial charge in [-0.15, -0.1) is 6.58 Å². The van der Waals surface area contributed by atoms with Crippen LogP contribution in [-0.2, 0) is 0 Å². The number of hydrogen-bond acceptors (Lipinski definition) is 3. The van der Waals surface area contributed by atoms with Crippen LogP contribution in [0.5, 0.6) is 5.75 Å². The second-order valence-corrected chi connectivity index (χ2v) is 5.17. The number of methoxy groups -OCH3 is 1. The average molecular weight is 297 g/mol. The van der Waals surface area contributed by atoms with Gasteiger partial charge in [0.15, 0.2) is 0 Å². The van der Waals surface area contributed by atoms with Crippen molar-refractivity contribution in [2.75, 3.05) is 13.7 Å². The number of nitrogens with one attached hydrogen (secondary N) is 1. The summed E-state index contributed by atoms with van der Waals surface area (Å²) in [6.45, 7) is 3.88. The van der Waals surface area contributed by atoms with Gasteiger partial charge in [-0.05, 0) is 29.7 Å². The van der Waals surface area contributed by atoms with Crippen LogP contribution >= 0.6 is 0 Å². The Morgan fingerprint density at radius 1 is 1.09 bits per heavy atom. The Balaban J connectivity index is 2.21. The fourth-order valence-electron chi connectivity index (χ4n) is 2.51. The van der Waals surface area contributed by atoms with Gasteiger partial charge in [-0.1, -0.05) is 48.5 Å². The van der Waals surface area contributed by atoms with E-state index in [0.717, 1.165) is 23.3 Å². The lowest BCUT2D eigenvalue weighted by atomic mass is 10.00. The topological polar surface area (TPSA) is 41.5 Å². The fourth-order valence-corrected chi connectivity index (χ4v) is 2.51. The van der Waals surface area contributed by atoms with Crippen LogP contribution in [0.4, 0.5) is 0 Å².